The summed E-state index contributed by atoms with van der Waals surface area (Å²) in [6.45, 7) is 3.11. The summed E-state index contributed by atoms with van der Waals surface area (Å²) >= 11 is 1.63. The number of carbonyl (C=O) groups excluding carboxylic acids is 1. The van der Waals surface area contributed by atoms with Crippen LogP contribution >= 0.6 is 11.3 Å². The molecule has 2 N–H and O–H groups in total. The minimum absolute atomic E-state index is 0.0233. The van der Waals surface area contributed by atoms with Gasteiger partial charge < -0.3 is 15.4 Å². The molecule has 2 aliphatic rings. The van der Waals surface area contributed by atoms with Gasteiger partial charge >= 0.3 is 0 Å². The SMILES string of the molecule is Nc1cc(-c2cccc(C(=O)Cc3cc4sc(N5CCOCC5)nc4nc3C3CC3)n2)ccn1. The number of hydrogen-bond acceptors (Lipinski definition) is 9. The second kappa shape index (κ2) is 8.73. The Morgan fingerprint density at radius 3 is 2.76 bits per heavy atom. The van der Waals surface area contributed by atoms with Crippen molar-refractivity contribution in [2.45, 2.75) is 25.2 Å². The Morgan fingerprint density at radius 1 is 1.12 bits per heavy atom. The Morgan fingerprint density at radius 2 is 1.97 bits per heavy atom. The third-order valence-corrected chi connectivity index (χ3v) is 7.24. The lowest BCUT2D eigenvalue weighted by Crippen LogP contribution is -2.36. The van der Waals surface area contributed by atoms with Gasteiger partial charge in [0.2, 0.25) is 0 Å². The molecule has 0 amide bonds. The number of nitrogens with zero attached hydrogens (tertiary/aromatic N) is 5. The molecule has 8 nitrogen and oxygen atoms in total. The third-order valence-electron chi connectivity index (χ3n) is 6.19. The number of ketones is 1. The normalized spacial score (nSPS) is 16.2. The highest BCUT2D eigenvalue weighted by Gasteiger charge is 2.30. The van der Waals surface area contributed by atoms with E-state index in [2.05, 4.69) is 20.9 Å². The van der Waals surface area contributed by atoms with Gasteiger partial charge in [-0.25, -0.2) is 15.0 Å². The highest BCUT2D eigenvalue weighted by atomic mass is 32.1. The summed E-state index contributed by atoms with van der Waals surface area (Å²) in [6.07, 6.45) is 4.13. The summed E-state index contributed by atoms with van der Waals surface area (Å²) in [7, 11) is 0. The van der Waals surface area contributed by atoms with Crippen molar-refractivity contribution >= 4 is 38.4 Å². The van der Waals surface area contributed by atoms with Crippen molar-refractivity contribution in [1.82, 2.24) is 19.9 Å². The minimum atomic E-state index is -0.0233. The fourth-order valence-corrected chi connectivity index (χ4v) is 5.29. The average Bonchev–Trinajstić information content (AvgIpc) is 3.63. The van der Waals surface area contributed by atoms with E-state index in [1.807, 2.05) is 18.2 Å². The van der Waals surface area contributed by atoms with E-state index in [1.165, 1.54) is 0 Å². The first kappa shape index (κ1) is 21.1. The molecule has 9 heteroatoms. The number of thiazole rings is 1. The van der Waals surface area contributed by atoms with Crippen LogP contribution in [-0.2, 0) is 11.2 Å². The van der Waals surface area contributed by atoms with Crippen LogP contribution < -0.4 is 10.6 Å². The number of nitrogens with two attached hydrogens (primary N) is 1. The van der Waals surface area contributed by atoms with Gasteiger partial charge in [0, 0.05) is 42.9 Å². The van der Waals surface area contributed by atoms with Crippen molar-refractivity contribution in [3.63, 3.8) is 0 Å². The molecule has 172 valence electrons. The molecule has 1 saturated carbocycles. The number of ether oxygens (including phenoxy) is 1. The van der Waals surface area contributed by atoms with Crippen LogP contribution in [0, 0.1) is 0 Å². The van der Waals surface area contributed by atoms with Crippen LogP contribution in [0.25, 0.3) is 21.6 Å². The zero-order chi connectivity index (χ0) is 23.1. The van der Waals surface area contributed by atoms with Crippen molar-refractivity contribution in [1.29, 1.82) is 0 Å². The maximum absolute atomic E-state index is 13.3. The van der Waals surface area contributed by atoms with Crippen LogP contribution in [0.5, 0.6) is 0 Å². The number of fused-ring (bicyclic) bond motifs is 1. The van der Waals surface area contributed by atoms with E-state index in [4.69, 9.17) is 20.4 Å². The van der Waals surface area contributed by atoms with E-state index in [9.17, 15) is 4.79 Å². The summed E-state index contributed by atoms with van der Waals surface area (Å²) in [5, 5.41) is 0.974. The van der Waals surface area contributed by atoms with Crippen molar-refractivity contribution < 1.29 is 9.53 Å². The molecule has 1 aliphatic carbocycles. The fourth-order valence-electron chi connectivity index (χ4n) is 4.27. The number of Topliss-reactive ketones (excluding diaryl/α,β-unsaturated/α-hetero) is 1. The number of aromatic nitrogens is 4. The summed E-state index contributed by atoms with van der Waals surface area (Å²) in [5.41, 5.74) is 10.6. The molecule has 1 saturated heterocycles. The molecule has 0 aromatic carbocycles. The van der Waals surface area contributed by atoms with Crippen molar-refractivity contribution in [2.24, 2.45) is 0 Å². The van der Waals surface area contributed by atoms with Crippen LogP contribution in [0.2, 0.25) is 0 Å². The number of morpholine rings is 1. The Labute approximate surface area is 200 Å². The van der Waals surface area contributed by atoms with E-state index < -0.39 is 0 Å². The topological polar surface area (TPSA) is 107 Å². The van der Waals surface area contributed by atoms with Gasteiger partial charge in [0.1, 0.15) is 11.5 Å². The molecule has 0 radical (unpaired) electrons. The zero-order valence-electron chi connectivity index (χ0n) is 18.6. The van der Waals surface area contributed by atoms with Crippen molar-refractivity contribution in [2.75, 3.05) is 36.9 Å². The molecule has 4 aromatic rings. The lowest BCUT2D eigenvalue weighted by molar-refractivity contribution is 0.0988. The standard InChI is InChI=1S/C25H24N6O2S/c26-22-14-16(6-7-27-22)18-2-1-3-19(28-18)20(32)12-17-13-21-24(29-23(17)15-4-5-15)30-25(34-21)31-8-10-33-11-9-31/h1-3,6-7,13-15H,4-5,8-12H2,(H2,26,27). The predicted octanol–water partition coefficient (Wildman–Crippen LogP) is 3.87. The van der Waals surface area contributed by atoms with Gasteiger partial charge in [-0.15, -0.1) is 0 Å². The number of pyridine rings is 3. The van der Waals surface area contributed by atoms with Gasteiger partial charge in [-0.05, 0) is 48.7 Å². The van der Waals surface area contributed by atoms with E-state index in [1.54, 1.807) is 29.7 Å². The minimum Gasteiger partial charge on any atom is -0.384 e. The molecule has 2 fully saturated rings. The van der Waals surface area contributed by atoms with Gasteiger partial charge in [-0.2, -0.15) is 4.98 Å². The summed E-state index contributed by atoms with van der Waals surface area (Å²) < 4.78 is 6.48. The van der Waals surface area contributed by atoms with E-state index in [-0.39, 0.29) is 12.2 Å². The Kier molecular flexibility index (Phi) is 5.43. The molecule has 0 atom stereocenters. The molecule has 6 rings (SSSR count). The first-order valence-electron chi connectivity index (χ1n) is 11.5. The maximum Gasteiger partial charge on any atom is 0.188 e. The van der Waals surface area contributed by atoms with Crippen LogP contribution in [0.1, 0.15) is 40.5 Å². The average molecular weight is 473 g/mol. The largest absolute Gasteiger partial charge is 0.384 e. The Balaban J connectivity index is 1.30. The third kappa shape index (κ3) is 4.24. The van der Waals surface area contributed by atoms with Crippen molar-refractivity contribution in [3.8, 4) is 11.3 Å². The number of rotatable bonds is 6. The van der Waals surface area contributed by atoms with Crippen LogP contribution in [0.3, 0.4) is 0 Å². The molecule has 4 aromatic heterocycles. The molecule has 0 spiro atoms. The summed E-state index contributed by atoms with van der Waals surface area (Å²) in [6, 6.07) is 11.2. The lowest BCUT2D eigenvalue weighted by Gasteiger charge is -2.25. The lowest BCUT2D eigenvalue weighted by atomic mass is 10.0. The smallest absolute Gasteiger partial charge is 0.188 e. The molecule has 0 bridgehead atoms. The number of nitrogen functional groups attached to an aromatic ring is 1. The second-order valence-electron chi connectivity index (χ2n) is 8.70. The summed E-state index contributed by atoms with van der Waals surface area (Å²) in [5.74, 6) is 0.815. The molecule has 34 heavy (non-hydrogen) atoms. The molecule has 5 heterocycles. The molecule has 0 unspecified atom stereocenters. The number of hydrogen-bond donors (Lipinski definition) is 1. The van der Waals surface area contributed by atoms with Gasteiger partial charge in [0.25, 0.3) is 0 Å². The number of carbonyl (C=O) groups is 1. The Hall–Kier alpha value is -3.43. The monoisotopic (exact) mass is 472 g/mol. The van der Waals surface area contributed by atoms with E-state index in [0.717, 1.165) is 58.2 Å². The quantitative estimate of drug-likeness (QED) is 0.422. The highest BCUT2D eigenvalue weighted by molar-refractivity contribution is 7.22. The van der Waals surface area contributed by atoms with E-state index >= 15 is 0 Å². The van der Waals surface area contributed by atoms with Gasteiger partial charge in [-0.1, -0.05) is 17.4 Å². The van der Waals surface area contributed by atoms with Gasteiger partial charge in [0.15, 0.2) is 16.6 Å². The number of anilines is 2. The predicted molar refractivity (Wildman–Crippen MR) is 132 cm³/mol. The Bertz CT molecular complexity index is 1380. The van der Waals surface area contributed by atoms with Gasteiger partial charge in [0.05, 0.1) is 23.6 Å². The van der Waals surface area contributed by atoms with Crippen molar-refractivity contribution in [3.05, 3.63) is 59.5 Å². The fraction of sp³-hybridized carbons (Fsp3) is 0.320. The second-order valence-corrected chi connectivity index (χ2v) is 9.71. The van der Waals surface area contributed by atoms with E-state index in [0.29, 0.717) is 36.3 Å². The zero-order valence-corrected chi connectivity index (χ0v) is 19.4. The maximum atomic E-state index is 13.3. The van der Waals surface area contributed by atoms with Crippen LogP contribution in [0.15, 0.2) is 42.6 Å². The molecule has 1 aliphatic heterocycles. The summed E-state index contributed by atoms with van der Waals surface area (Å²) in [4.78, 5) is 33.9. The highest BCUT2D eigenvalue weighted by Crippen LogP contribution is 2.42. The molecular formula is C25H24N6O2S. The van der Waals surface area contributed by atoms with Crippen LogP contribution in [-0.4, -0.2) is 52.0 Å². The van der Waals surface area contributed by atoms with Gasteiger partial charge in [-0.3, -0.25) is 4.79 Å². The van der Waals surface area contributed by atoms with Crippen LogP contribution in [0.4, 0.5) is 10.9 Å². The first-order chi connectivity index (χ1) is 16.6. The first-order valence-corrected chi connectivity index (χ1v) is 12.3. The molecular weight excluding hydrogens is 448 g/mol.